The van der Waals surface area contributed by atoms with Gasteiger partial charge >= 0.3 is 0 Å². The second-order valence-corrected chi connectivity index (χ2v) is 5.95. The smallest absolute Gasteiger partial charge is 0.228 e. The summed E-state index contributed by atoms with van der Waals surface area (Å²) in [4.78, 5) is 13.2. The van der Waals surface area contributed by atoms with Crippen LogP contribution in [0.3, 0.4) is 0 Å². The number of benzene rings is 1. The Morgan fingerprint density at radius 2 is 1.96 bits per heavy atom. The number of anilines is 1. The molecule has 0 radical (unpaired) electrons. The number of pyridine rings is 2. The molecule has 0 atom stereocenters. The molecule has 3 aromatic heterocycles. The van der Waals surface area contributed by atoms with Gasteiger partial charge in [0, 0.05) is 25.5 Å². The van der Waals surface area contributed by atoms with Gasteiger partial charge in [0.25, 0.3) is 0 Å². The summed E-state index contributed by atoms with van der Waals surface area (Å²) in [6.07, 6.45) is 3.57. The number of nitrogens with zero attached hydrogens (tertiary/aromatic N) is 3. The average molecular weight is 346 g/mol. The summed E-state index contributed by atoms with van der Waals surface area (Å²) in [5, 5.41) is 2.99. The fourth-order valence-corrected chi connectivity index (χ4v) is 2.53. The predicted octanol–water partition coefficient (Wildman–Crippen LogP) is 4.21. The van der Waals surface area contributed by atoms with Crippen molar-refractivity contribution in [3.63, 3.8) is 0 Å². The molecule has 26 heavy (non-hydrogen) atoms. The van der Waals surface area contributed by atoms with Gasteiger partial charge in [-0.2, -0.15) is 0 Å². The Hall–Kier alpha value is -3.41. The highest BCUT2D eigenvalue weighted by Crippen LogP contribution is 2.27. The van der Waals surface area contributed by atoms with Gasteiger partial charge in [0.2, 0.25) is 5.89 Å². The van der Waals surface area contributed by atoms with Gasteiger partial charge in [-0.3, -0.25) is 4.98 Å². The SMILES string of the molecule is CNc1ccc(-c2nc3cc(OCc4ccc(C)cn4)ccc3o2)cn1. The monoisotopic (exact) mass is 346 g/mol. The molecule has 0 amide bonds. The summed E-state index contributed by atoms with van der Waals surface area (Å²) in [5.41, 5.74) is 4.28. The molecular weight excluding hydrogens is 328 g/mol. The number of rotatable bonds is 5. The third-order valence-electron chi connectivity index (χ3n) is 3.98. The number of hydrogen-bond donors (Lipinski definition) is 1. The van der Waals surface area contributed by atoms with Crippen LogP contribution in [-0.2, 0) is 6.61 Å². The number of hydrogen-bond acceptors (Lipinski definition) is 6. The van der Waals surface area contributed by atoms with E-state index in [1.807, 2.05) is 62.6 Å². The van der Waals surface area contributed by atoms with Gasteiger partial charge in [-0.15, -0.1) is 0 Å². The number of fused-ring (bicyclic) bond motifs is 1. The first-order chi connectivity index (χ1) is 12.7. The van der Waals surface area contributed by atoms with Gasteiger partial charge in [0.15, 0.2) is 5.58 Å². The molecular formula is C20H18N4O2. The Morgan fingerprint density at radius 1 is 1.04 bits per heavy atom. The molecule has 4 aromatic rings. The highest BCUT2D eigenvalue weighted by Gasteiger charge is 2.10. The second-order valence-electron chi connectivity index (χ2n) is 5.95. The molecule has 130 valence electrons. The topological polar surface area (TPSA) is 73.1 Å². The summed E-state index contributed by atoms with van der Waals surface area (Å²) in [5.74, 6) is 2.06. The van der Waals surface area contributed by atoms with Gasteiger partial charge in [-0.05, 0) is 42.8 Å². The summed E-state index contributed by atoms with van der Waals surface area (Å²) < 4.78 is 11.6. The summed E-state index contributed by atoms with van der Waals surface area (Å²) in [6.45, 7) is 2.42. The van der Waals surface area contributed by atoms with Gasteiger partial charge in [0.05, 0.1) is 11.3 Å². The van der Waals surface area contributed by atoms with E-state index in [9.17, 15) is 0 Å². The molecule has 1 aromatic carbocycles. The predicted molar refractivity (Wildman–Crippen MR) is 100 cm³/mol. The third-order valence-corrected chi connectivity index (χ3v) is 3.98. The third kappa shape index (κ3) is 3.35. The van der Waals surface area contributed by atoms with E-state index in [0.717, 1.165) is 33.9 Å². The molecule has 0 unspecified atom stereocenters. The van der Waals surface area contributed by atoms with Crippen molar-refractivity contribution in [2.45, 2.75) is 13.5 Å². The van der Waals surface area contributed by atoms with E-state index in [1.54, 1.807) is 6.20 Å². The van der Waals surface area contributed by atoms with Crippen LogP contribution >= 0.6 is 0 Å². The van der Waals surface area contributed by atoms with Crippen LogP contribution in [0.2, 0.25) is 0 Å². The van der Waals surface area contributed by atoms with E-state index in [2.05, 4.69) is 20.3 Å². The Bertz CT molecular complexity index is 1020. The van der Waals surface area contributed by atoms with E-state index in [-0.39, 0.29) is 0 Å². The van der Waals surface area contributed by atoms with E-state index < -0.39 is 0 Å². The van der Waals surface area contributed by atoms with Crippen LogP contribution in [0.5, 0.6) is 5.75 Å². The lowest BCUT2D eigenvalue weighted by Crippen LogP contribution is -1.97. The van der Waals surface area contributed by atoms with Gasteiger partial charge in [-0.25, -0.2) is 9.97 Å². The number of nitrogens with one attached hydrogen (secondary N) is 1. The lowest BCUT2D eigenvalue weighted by molar-refractivity contribution is 0.301. The Balaban J connectivity index is 1.54. The maximum Gasteiger partial charge on any atom is 0.228 e. The minimum absolute atomic E-state index is 0.409. The number of aryl methyl sites for hydroxylation is 1. The van der Waals surface area contributed by atoms with E-state index in [4.69, 9.17) is 9.15 Å². The molecule has 0 bridgehead atoms. The summed E-state index contributed by atoms with van der Waals surface area (Å²) in [6, 6.07) is 13.4. The fraction of sp³-hybridized carbons (Fsp3) is 0.150. The molecule has 3 heterocycles. The van der Waals surface area contributed by atoms with Crippen LogP contribution in [0.4, 0.5) is 5.82 Å². The standard InChI is InChI=1S/C20H18N4O2/c1-13-3-5-15(22-10-13)12-25-16-6-7-18-17(9-16)24-20(26-18)14-4-8-19(21-2)23-11-14/h3-11H,12H2,1-2H3,(H,21,23). The number of oxazole rings is 1. The molecule has 0 aliphatic rings. The molecule has 6 nitrogen and oxygen atoms in total. The van der Waals surface area contributed by atoms with E-state index in [1.165, 1.54) is 0 Å². The highest BCUT2D eigenvalue weighted by molar-refractivity contribution is 5.77. The van der Waals surface area contributed by atoms with Crippen molar-refractivity contribution < 1.29 is 9.15 Å². The number of aromatic nitrogens is 3. The molecule has 6 heteroatoms. The van der Waals surface area contributed by atoms with Crippen molar-refractivity contribution in [1.82, 2.24) is 15.0 Å². The summed E-state index contributed by atoms with van der Waals surface area (Å²) >= 11 is 0. The van der Waals surface area contributed by atoms with E-state index in [0.29, 0.717) is 18.1 Å². The van der Waals surface area contributed by atoms with Crippen molar-refractivity contribution in [1.29, 1.82) is 0 Å². The van der Waals surface area contributed by atoms with Crippen LogP contribution in [0.25, 0.3) is 22.6 Å². The van der Waals surface area contributed by atoms with Crippen molar-refractivity contribution in [3.8, 4) is 17.2 Å². The van der Waals surface area contributed by atoms with Crippen LogP contribution in [-0.4, -0.2) is 22.0 Å². The maximum absolute atomic E-state index is 5.82. The normalized spacial score (nSPS) is 10.8. The first-order valence-electron chi connectivity index (χ1n) is 8.30. The minimum Gasteiger partial charge on any atom is -0.487 e. The molecule has 0 aliphatic heterocycles. The molecule has 0 spiro atoms. The Labute approximate surface area is 150 Å². The molecule has 0 fully saturated rings. The maximum atomic E-state index is 5.82. The van der Waals surface area contributed by atoms with Gasteiger partial charge in [-0.1, -0.05) is 6.07 Å². The van der Waals surface area contributed by atoms with Gasteiger partial charge in [0.1, 0.15) is 23.7 Å². The first kappa shape index (κ1) is 16.1. The Morgan fingerprint density at radius 3 is 2.69 bits per heavy atom. The molecule has 4 rings (SSSR count). The van der Waals surface area contributed by atoms with Crippen LogP contribution < -0.4 is 10.1 Å². The van der Waals surface area contributed by atoms with Crippen LogP contribution in [0.1, 0.15) is 11.3 Å². The largest absolute Gasteiger partial charge is 0.487 e. The van der Waals surface area contributed by atoms with Gasteiger partial charge < -0.3 is 14.5 Å². The zero-order valence-corrected chi connectivity index (χ0v) is 14.6. The molecule has 0 aliphatic carbocycles. The molecule has 0 saturated carbocycles. The number of ether oxygens (including phenoxy) is 1. The van der Waals surface area contributed by atoms with Crippen molar-refractivity contribution in [2.75, 3.05) is 12.4 Å². The van der Waals surface area contributed by atoms with Crippen LogP contribution in [0.15, 0.2) is 59.3 Å². The lowest BCUT2D eigenvalue weighted by atomic mass is 10.3. The Kier molecular flexibility index (Phi) is 4.23. The highest BCUT2D eigenvalue weighted by atomic mass is 16.5. The fourth-order valence-electron chi connectivity index (χ4n) is 2.53. The molecule has 1 N–H and O–H groups in total. The minimum atomic E-state index is 0.409. The summed E-state index contributed by atoms with van der Waals surface area (Å²) in [7, 11) is 1.83. The average Bonchev–Trinajstić information content (AvgIpc) is 3.11. The van der Waals surface area contributed by atoms with Crippen molar-refractivity contribution in [3.05, 3.63) is 66.1 Å². The molecule has 0 saturated heterocycles. The zero-order valence-electron chi connectivity index (χ0n) is 14.6. The van der Waals surface area contributed by atoms with E-state index >= 15 is 0 Å². The van der Waals surface area contributed by atoms with Crippen LogP contribution in [0, 0.1) is 6.92 Å². The zero-order chi connectivity index (χ0) is 17.9. The lowest BCUT2D eigenvalue weighted by Gasteiger charge is -2.05. The second kappa shape index (κ2) is 6.84. The van der Waals surface area contributed by atoms with Crippen molar-refractivity contribution >= 4 is 16.9 Å². The first-order valence-corrected chi connectivity index (χ1v) is 8.30. The van der Waals surface area contributed by atoms with Crippen molar-refractivity contribution in [2.24, 2.45) is 0 Å². The quantitative estimate of drug-likeness (QED) is 0.583.